The molecule has 1 saturated heterocycles. The van der Waals surface area contributed by atoms with E-state index in [-0.39, 0.29) is 17.7 Å². The summed E-state index contributed by atoms with van der Waals surface area (Å²) in [4.78, 5) is 11.9. The van der Waals surface area contributed by atoms with Crippen LogP contribution in [0.25, 0.3) is 0 Å². The van der Waals surface area contributed by atoms with E-state index in [1.54, 1.807) is 18.4 Å². The molecule has 1 N–H and O–H groups in total. The highest BCUT2D eigenvalue weighted by molar-refractivity contribution is 5.95. The van der Waals surface area contributed by atoms with Gasteiger partial charge in [0.15, 0.2) is 5.76 Å². The average molecular weight is 193 g/mol. The van der Waals surface area contributed by atoms with Crippen molar-refractivity contribution in [3.8, 4) is 0 Å². The molecule has 0 bridgehead atoms. The molecule has 0 amide bonds. The van der Waals surface area contributed by atoms with Crippen LogP contribution in [-0.2, 0) is 0 Å². The lowest BCUT2D eigenvalue weighted by Gasteiger charge is -2.27. The fourth-order valence-electron chi connectivity index (χ4n) is 2.00. The number of hydrogen-bond donors (Lipinski definition) is 1. The zero-order valence-electron chi connectivity index (χ0n) is 8.32. The Hall–Kier alpha value is -1.09. The van der Waals surface area contributed by atoms with E-state index in [2.05, 4.69) is 12.2 Å². The highest BCUT2D eigenvalue weighted by Crippen LogP contribution is 2.21. The highest BCUT2D eigenvalue weighted by atomic mass is 16.3. The standard InChI is InChI=1S/C11H15NO2/c1-8-9(4-2-6-12-8)11(13)10-5-3-7-14-10/h3,5,7-9,12H,2,4,6H2,1H3. The molecule has 0 aliphatic carbocycles. The summed E-state index contributed by atoms with van der Waals surface area (Å²) in [5.41, 5.74) is 0. The van der Waals surface area contributed by atoms with Gasteiger partial charge in [-0.2, -0.15) is 0 Å². The van der Waals surface area contributed by atoms with Gasteiger partial charge in [0, 0.05) is 12.0 Å². The van der Waals surface area contributed by atoms with E-state index in [4.69, 9.17) is 4.42 Å². The van der Waals surface area contributed by atoms with Gasteiger partial charge in [0.25, 0.3) is 0 Å². The minimum atomic E-state index is 0.0786. The van der Waals surface area contributed by atoms with E-state index < -0.39 is 0 Å². The molecule has 2 rings (SSSR count). The normalized spacial score (nSPS) is 27.5. The molecule has 1 aromatic rings. The Morgan fingerprint density at radius 2 is 2.50 bits per heavy atom. The van der Waals surface area contributed by atoms with Crippen molar-refractivity contribution in [3.05, 3.63) is 24.2 Å². The number of hydrogen-bond acceptors (Lipinski definition) is 3. The summed E-state index contributed by atoms with van der Waals surface area (Å²) in [6, 6.07) is 3.76. The third-order valence-electron chi connectivity index (χ3n) is 2.86. The van der Waals surface area contributed by atoms with Crippen molar-refractivity contribution in [1.29, 1.82) is 0 Å². The summed E-state index contributed by atoms with van der Waals surface area (Å²) in [6.07, 6.45) is 3.59. The number of furan rings is 1. The highest BCUT2D eigenvalue weighted by Gasteiger charge is 2.29. The molecule has 2 unspecified atom stereocenters. The van der Waals surface area contributed by atoms with Gasteiger partial charge in [-0.1, -0.05) is 0 Å². The van der Waals surface area contributed by atoms with E-state index in [9.17, 15) is 4.79 Å². The van der Waals surface area contributed by atoms with Gasteiger partial charge in [-0.05, 0) is 38.4 Å². The van der Waals surface area contributed by atoms with Gasteiger partial charge in [0.2, 0.25) is 5.78 Å². The lowest BCUT2D eigenvalue weighted by molar-refractivity contribution is 0.0838. The summed E-state index contributed by atoms with van der Waals surface area (Å²) in [6.45, 7) is 3.08. The van der Waals surface area contributed by atoms with Gasteiger partial charge in [0.05, 0.1) is 6.26 Å². The van der Waals surface area contributed by atoms with Crippen molar-refractivity contribution in [3.63, 3.8) is 0 Å². The van der Waals surface area contributed by atoms with Crippen molar-refractivity contribution >= 4 is 5.78 Å². The van der Waals surface area contributed by atoms with Gasteiger partial charge >= 0.3 is 0 Å². The first-order valence-corrected chi connectivity index (χ1v) is 5.10. The molecule has 14 heavy (non-hydrogen) atoms. The monoisotopic (exact) mass is 193 g/mol. The minimum absolute atomic E-state index is 0.0786. The first-order chi connectivity index (χ1) is 6.79. The van der Waals surface area contributed by atoms with Crippen molar-refractivity contribution in [2.24, 2.45) is 5.92 Å². The van der Waals surface area contributed by atoms with E-state index in [1.165, 1.54) is 0 Å². The van der Waals surface area contributed by atoms with Crippen molar-refractivity contribution < 1.29 is 9.21 Å². The number of Topliss-reactive ketones (excluding diaryl/α,β-unsaturated/α-hetero) is 1. The second-order valence-electron chi connectivity index (χ2n) is 3.83. The van der Waals surface area contributed by atoms with Gasteiger partial charge in [-0.25, -0.2) is 0 Å². The number of rotatable bonds is 2. The van der Waals surface area contributed by atoms with Gasteiger partial charge in [-0.3, -0.25) is 4.79 Å². The van der Waals surface area contributed by atoms with Crippen LogP contribution in [0.3, 0.4) is 0 Å². The second kappa shape index (κ2) is 3.96. The predicted octanol–water partition coefficient (Wildman–Crippen LogP) is 1.85. The molecule has 0 radical (unpaired) electrons. The van der Waals surface area contributed by atoms with Crippen LogP contribution in [0.15, 0.2) is 22.8 Å². The van der Waals surface area contributed by atoms with Crippen LogP contribution in [-0.4, -0.2) is 18.4 Å². The maximum Gasteiger partial charge on any atom is 0.202 e. The molecule has 1 aliphatic heterocycles. The van der Waals surface area contributed by atoms with E-state index in [1.807, 2.05) is 0 Å². The Balaban J connectivity index is 2.10. The smallest absolute Gasteiger partial charge is 0.202 e. The molecule has 3 heteroatoms. The van der Waals surface area contributed by atoms with Gasteiger partial charge in [-0.15, -0.1) is 0 Å². The molecule has 2 heterocycles. The molecule has 1 aromatic heterocycles. The van der Waals surface area contributed by atoms with E-state index in [0.717, 1.165) is 19.4 Å². The molecule has 0 spiro atoms. The first kappa shape index (κ1) is 9.46. The number of ketones is 1. The molecule has 0 aromatic carbocycles. The average Bonchev–Trinajstić information content (AvgIpc) is 2.70. The zero-order chi connectivity index (χ0) is 9.97. The third kappa shape index (κ3) is 1.73. The van der Waals surface area contributed by atoms with E-state index >= 15 is 0 Å². The molecule has 1 aliphatic rings. The fourth-order valence-corrected chi connectivity index (χ4v) is 2.00. The Morgan fingerprint density at radius 3 is 3.14 bits per heavy atom. The maximum atomic E-state index is 11.9. The molecule has 2 atom stereocenters. The summed E-state index contributed by atoms with van der Waals surface area (Å²) < 4.78 is 5.12. The molecule has 76 valence electrons. The van der Waals surface area contributed by atoms with E-state index in [0.29, 0.717) is 5.76 Å². The fraction of sp³-hybridized carbons (Fsp3) is 0.545. The van der Waals surface area contributed by atoms with Crippen LogP contribution in [0.1, 0.15) is 30.3 Å². The quantitative estimate of drug-likeness (QED) is 0.729. The van der Waals surface area contributed by atoms with Gasteiger partial charge in [0.1, 0.15) is 0 Å². The molecular formula is C11H15NO2. The predicted molar refractivity (Wildman–Crippen MR) is 53.2 cm³/mol. The van der Waals surface area contributed by atoms with Crippen LogP contribution >= 0.6 is 0 Å². The Bertz CT molecular complexity index is 305. The largest absolute Gasteiger partial charge is 0.461 e. The molecule has 3 nitrogen and oxygen atoms in total. The Morgan fingerprint density at radius 1 is 1.64 bits per heavy atom. The molecular weight excluding hydrogens is 178 g/mol. The Kier molecular flexibility index (Phi) is 2.68. The summed E-state index contributed by atoms with van der Waals surface area (Å²) in [5.74, 6) is 0.704. The zero-order valence-corrected chi connectivity index (χ0v) is 8.32. The summed E-state index contributed by atoms with van der Waals surface area (Å²) >= 11 is 0. The number of carbonyl (C=O) groups excluding carboxylic acids is 1. The SMILES string of the molecule is CC1NCCCC1C(=O)c1ccco1. The van der Waals surface area contributed by atoms with Crippen molar-refractivity contribution in [2.75, 3.05) is 6.54 Å². The van der Waals surface area contributed by atoms with Crippen LogP contribution in [0.2, 0.25) is 0 Å². The Labute approximate surface area is 83.5 Å². The third-order valence-corrected chi connectivity index (χ3v) is 2.86. The van der Waals surface area contributed by atoms with Crippen LogP contribution in [0.5, 0.6) is 0 Å². The first-order valence-electron chi connectivity index (χ1n) is 5.10. The van der Waals surface area contributed by atoms with Crippen molar-refractivity contribution in [2.45, 2.75) is 25.8 Å². The van der Waals surface area contributed by atoms with Crippen LogP contribution < -0.4 is 5.32 Å². The summed E-state index contributed by atoms with van der Waals surface area (Å²) in [5, 5.41) is 3.31. The lowest BCUT2D eigenvalue weighted by Crippen LogP contribution is -2.42. The topological polar surface area (TPSA) is 42.2 Å². The molecule has 0 saturated carbocycles. The van der Waals surface area contributed by atoms with Crippen LogP contribution in [0.4, 0.5) is 0 Å². The maximum absolute atomic E-state index is 11.9. The molecule has 1 fully saturated rings. The van der Waals surface area contributed by atoms with Gasteiger partial charge < -0.3 is 9.73 Å². The van der Waals surface area contributed by atoms with Crippen LogP contribution in [0, 0.1) is 5.92 Å². The summed E-state index contributed by atoms with van der Waals surface area (Å²) in [7, 11) is 0. The lowest BCUT2D eigenvalue weighted by atomic mass is 9.87. The number of carbonyl (C=O) groups is 1. The minimum Gasteiger partial charge on any atom is -0.461 e. The van der Waals surface area contributed by atoms with Crippen molar-refractivity contribution in [1.82, 2.24) is 5.32 Å². The number of piperidine rings is 1. The second-order valence-corrected chi connectivity index (χ2v) is 3.83. The number of nitrogens with one attached hydrogen (secondary N) is 1.